The number of hydrogen-bond donors (Lipinski definition) is 3. The highest BCUT2D eigenvalue weighted by Gasteiger charge is 2.50. The van der Waals surface area contributed by atoms with Gasteiger partial charge in [0, 0.05) is 29.1 Å². The number of amides is 2. The van der Waals surface area contributed by atoms with E-state index in [9.17, 15) is 24.6 Å². The third-order valence-corrected chi connectivity index (χ3v) is 7.16. The summed E-state index contributed by atoms with van der Waals surface area (Å²) < 4.78 is 0. The predicted molar refractivity (Wildman–Crippen MR) is 135 cm³/mol. The van der Waals surface area contributed by atoms with Gasteiger partial charge in [0.25, 0.3) is 5.91 Å². The molecule has 1 aliphatic rings. The van der Waals surface area contributed by atoms with Gasteiger partial charge in [-0.05, 0) is 48.7 Å². The molecular weight excluding hydrogens is 468 g/mol. The lowest BCUT2D eigenvalue weighted by Gasteiger charge is -2.51. The maximum Gasteiger partial charge on any atom is 0.335 e. The molecule has 2 atom stereocenters. The van der Waals surface area contributed by atoms with Gasteiger partial charge >= 0.3 is 5.97 Å². The van der Waals surface area contributed by atoms with E-state index < -0.39 is 28.9 Å². The zero-order valence-electron chi connectivity index (χ0n) is 20.4. The van der Waals surface area contributed by atoms with E-state index >= 15 is 0 Å². The van der Waals surface area contributed by atoms with E-state index in [2.05, 4.69) is 5.32 Å². The van der Waals surface area contributed by atoms with E-state index in [1.54, 1.807) is 17.0 Å². The van der Waals surface area contributed by atoms with Crippen LogP contribution < -0.4 is 5.32 Å². The first-order valence-corrected chi connectivity index (χ1v) is 12.3. The average molecular weight is 501 g/mol. The van der Waals surface area contributed by atoms with Crippen molar-refractivity contribution in [3.63, 3.8) is 0 Å². The molecule has 0 bridgehead atoms. The van der Waals surface area contributed by atoms with Gasteiger partial charge in [-0.2, -0.15) is 0 Å². The zero-order chi connectivity index (χ0) is 25.8. The minimum Gasteiger partial charge on any atom is -0.478 e. The molecule has 0 aromatic heterocycles. The van der Waals surface area contributed by atoms with Gasteiger partial charge in [0.15, 0.2) is 0 Å². The fraction of sp³-hybridized carbons (Fsp3) is 0.444. The number of aromatic carboxylic acids is 1. The van der Waals surface area contributed by atoms with Crippen molar-refractivity contribution in [3.05, 3.63) is 70.2 Å². The second-order valence-corrected chi connectivity index (χ2v) is 10.3. The third-order valence-electron chi connectivity index (χ3n) is 6.90. The van der Waals surface area contributed by atoms with Crippen molar-refractivity contribution in [2.45, 2.75) is 58.1 Å². The predicted octanol–water partition coefficient (Wildman–Crippen LogP) is 4.47. The van der Waals surface area contributed by atoms with Crippen molar-refractivity contribution in [2.24, 2.45) is 5.41 Å². The van der Waals surface area contributed by atoms with Crippen LogP contribution in [-0.2, 0) is 10.4 Å². The van der Waals surface area contributed by atoms with Crippen LogP contribution in [0.25, 0.3) is 0 Å². The summed E-state index contributed by atoms with van der Waals surface area (Å²) in [6.45, 7) is 6.53. The smallest absolute Gasteiger partial charge is 0.335 e. The van der Waals surface area contributed by atoms with Crippen molar-refractivity contribution in [2.75, 3.05) is 13.1 Å². The largest absolute Gasteiger partial charge is 0.478 e. The molecule has 2 aromatic rings. The van der Waals surface area contributed by atoms with Crippen molar-refractivity contribution < 1.29 is 24.6 Å². The number of aliphatic hydroxyl groups is 1. The highest BCUT2D eigenvalue weighted by atomic mass is 35.5. The summed E-state index contributed by atoms with van der Waals surface area (Å²) in [6, 6.07) is 12.1. The molecule has 1 saturated heterocycles. The molecule has 3 rings (SSSR count). The molecule has 1 fully saturated rings. The van der Waals surface area contributed by atoms with Crippen LogP contribution >= 0.6 is 11.6 Å². The SMILES string of the molecule is CCCC[C@@H](NC(=O)c1cccc(C(=O)O)c1)C(=O)N1CC[C@](O)(c2ccc(Cl)cc2)C(C)(C)C1. The Balaban J connectivity index is 1.77. The molecule has 3 N–H and O–H groups in total. The van der Waals surface area contributed by atoms with Crippen LogP contribution in [0, 0.1) is 5.41 Å². The Morgan fingerprint density at radius 2 is 1.77 bits per heavy atom. The topological polar surface area (TPSA) is 107 Å². The lowest BCUT2D eigenvalue weighted by molar-refractivity contribution is -0.155. The molecule has 0 saturated carbocycles. The van der Waals surface area contributed by atoms with Crippen molar-refractivity contribution in [1.29, 1.82) is 0 Å². The number of hydrogen-bond acceptors (Lipinski definition) is 4. The summed E-state index contributed by atoms with van der Waals surface area (Å²) in [4.78, 5) is 39.4. The molecule has 0 spiro atoms. The van der Waals surface area contributed by atoms with Gasteiger partial charge in [0.1, 0.15) is 6.04 Å². The molecule has 2 aromatic carbocycles. The van der Waals surface area contributed by atoms with Crippen LogP contribution in [-0.4, -0.2) is 52.0 Å². The Morgan fingerprint density at radius 1 is 1.11 bits per heavy atom. The van der Waals surface area contributed by atoms with Crippen LogP contribution in [0.1, 0.15) is 72.7 Å². The van der Waals surface area contributed by atoms with Gasteiger partial charge in [0.05, 0.1) is 11.2 Å². The number of nitrogens with zero attached hydrogens (tertiary/aromatic N) is 1. The van der Waals surface area contributed by atoms with E-state index in [1.165, 1.54) is 24.3 Å². The quantitative estimate of drug-likeness (QED) is 0.495. The molecule has 1 aliphatic heterocycles. The van der Waals surface area contributed by atoms with Gasteiger partial charge in [0.2, 0.25) is 5.91 Å². The lowest BCUT2D eigenvalue weighted by Crippen LogP contribution is -2.59. The Morgan fingerprint density at radius 3 is 2.37 bits per heavy atom. The fourth-order valence-corrected chi connectivity index (χ4v) is 4.82. The minimum atomic E-state index is -1.13. The highest BCUT2D eigenvalue weighted by Crippen LogP contribution is 2.46. The molecule has 35 heavy (non-hydrogen) atoms. The summed E-state index contributed by atoms with van der Waals surface area (Å²) in [6.07, 6.45) is 2.42. The van der Waals surface area contributed by atoms with Crippen molar-refractivity contribution >= 4 is 29.4 Å². The molecule has 2 amide bonds. The standard InChI is InChI=1S/C27H33ClN2O5/c1-4-5-9-22(29-23(31)18-7-6-8-19(16-18)25(33)34)24(32)30-15-14-27(35,26(2,3)17-30)20-10-12-21(28)13-11-20/h6-8,10-13,16,22,35H,4-5,9,14-15,17H2,1-3H3,(H,29,31)(H,33,34)/t22-,27+/m1/s1. The van der Waals surface area contributed by atoms with Gasteiger partial charge in [-0.1, -0.05) is 63.4 Å². The number of benzene rings is 2. The van der Waals surface area contributed by atoms with Gasteiger partial charge < -0.3 is 20.4 Å². The first kappa shape index (κ1) is 26.7. The van der Waals surface area contributed by atoms with Crippen LogP contribution in [0.15, 0.2) is 48.5 Å². The molecule has 0 aliphatic carbocycles. The Hall–Kier alpha value is -2.90. The number of likely N-dealkylation sites (tertiary alicyclic amines) is 1. The minimum absolute atomic E-state index is 0.00773. The number of unbranched alkanes of at least 4 members (excludes halogenated alkanes) is 1. The fourth-order valence-electron chi connectivity index (χ4n) is 4.69. The van der Waals surface area contributed by atoms with E-state index in [-0.39, 0.29) is 17.0 Å². The first-order chi connectivity index (χ1) is 16.5. The Bertz CT molecular complexity index is 1090. The van der Waals surface area contributed by atoms with E-state index in [1.807, 2.05) is 32.9 Å². The van der Waals surface area contributed by atoms with Crippen LogP contribution in [0.2, 0.25) is 5.02 Å². The number of carboxylic acid groups (broad SMARTS) is 1. The van der Waals surface area contributed by atoms with Crippen LogP contribution in [0.3, 0.4) is 0 Å². The number of carboxylic acids is 1. The van der Waals surface area contributed by atoms with E-state index in [4.69, 9.17) is 11.6 Å². The average Bonchev–Trinajstić information content (AvgIpc) is 2.83. The maximum absolute atomic E-state index is 13.5. The molecule has 8 heteroatoms. The summed E-state index contributed by atoms with van der Waals surface area (Å²) in [7, 11) is 0. The van der Waals surface area contributed by atoms with Gasteiger partial charge in [-0.25, -0.2) is 4.79 Å². The number of nitrogens with one attached hydrogen (secondary N) is 1. The molecular formula is C27H33ClN2O5. The highest BCUT2D eigenvalue weighted by molar-refractivity contribution is 6.30. The second kappa shape index (κ2) is 10.8. The zero-order valence-corrected chi connectivity index (χ0v) is 21.1. The summed E-state index contributed by atoms with van der Waals surface area (Å²) in [5, 5.41) is 24.2. The van der Waals surface area contributed by atoms with Crippen LogP contribution in [0.5, 0.6) is 0 Å². The maximum atomic E-state index is 13.5. The monoisotopic (exact) mass is 500 g/mol. The number of halogens is 1. The Labute approximate surface area is 211 Å². The lowest BCUT2D eigenvalue weighted by atomic mass is 9.66. The third kappa shape index (κ3) is 5.85. The number of piperidine rings is 1. The molecule has 1 heterocycles. The second-order valence-electron chi connectivity index (χ2n) is 9.82. The van der Waals surface area contributed by atoms with Gasteiger partial charge in [-0.3, -0.25) is 9.59 Å². The summed E-state index contributed by atoms with van der Waals surface area (Å²) >= 11 is 6.02. The molecule has 188 valence electrons. The summed E-state index contributed by atoms with van der Waals surface area (Å²) in [5.74, 6) is -1.81. The number of rotatable bonds is 8. The Kier molecular flexibility index (Phi) is 8.23. The normalized spacial score (nSPS) is 20.2. The van der Waals surface area contributed by atoms with E-state index in [0.29, 0.717) is 31.0 Å². The molecule has 0 radical (unpaired) electrons. The van der Waals surface area contributed by atoms with Crippen molar-refractivity contribution in [1.82, 2.24) is 10.2 Å². The van der Waals surface area contributed by atoms with Gasteiger partial charge in [-0.15, -0.1) is 0 Å². The molecule has 7 nitrogen and oxygen atoms in total. The number of carbonyl (C=O) groups excluding carboxylic acids is 2. The molecule has 0 unspecified atom stereocenters. The number of carbonyl (C=O) groups is 3. The first-order valence-electron chi connectivity index (χ1n) is 11.9. The van der Waals surface area contributed by atoms with Crippen LogP contribution in [0.4, 0.5) is 0 Å². The summed E-state index contributed by atoms with van der Waals surface area (Å²) in [5.41, 5.74) is -0.825. The van der Waals surface area contributed by atoms with E-state index in [0.717, 1.165) is 18.4 Å². The van der Waals surface area contributed by atoms with Crippen molar-refractivity contribution in [3.8, 4) is 0 Å².